The van der Waals surface area contributed by atoms with E-state index in [2.05, 4.69) is 97.1 Å². The van der Waals surface area contributed by atoms with Crippen LogP contribution in [0.1, 0.15) is 5.56 Å². The summed E-state index contributed by atoms with van der Waals surface area (Å²) in [5, 5.41) is 4.13. The smallest absolute Gasteiger partial charge is 0.119 e. The molecule has 0 atom stereocenters. The Bertz CT molecular complexity index is 969. The lowest BCUT2D eigenvalue weighted by Crippen LogP contribution is -2.32. The van der Waals surface area contributed by atoms with E-state index in [-0.39, 0.29) is 0 Å². The normalized spacial score (nSPS) is 11.2. The minimum absolute atomic E-state index is 0.835. The molecule has 0 unspecified atom stereocenters. The SMILES string of the molecule is COc1ccc(C[P+](c2ccccc2)(c2ccccc2)c2ccccc2)c(S)c1. The molecule has 0 saturated carbocycles. The van der Waals surface area contributed by atoms with Crippen LogP contribution in [-0.4, -0.2) is 7.11 Å². The minimum Gasteiger partial charge on any atom is -0.497 e. The fourth-order valence-electron chi connectivity index (χ4n) is 3.83. The molecule has 4 aromatic carbocycles. The summed E-state index contributed by atoms with van der Waals surface area (Å²) in [6.45, 7) is 0. The van der Waals surface area contributed by atoms with Crippen LogP contribution in [0.3, 0.4) is 0 Å². The van der Waals surface area contributed by atoms with Gasteiger partial charge in [-0.05, 0) is 48.5 Å². The molecular formula is C26H24OPS+. The van der Waals surface area contributed by atoms with Crippen LogP contribution < -0.4 is 20.7 Å². The van der Waals surface area contributed by atoms with Gasteiger partial charge in [-0.3, -0.25) is 0 Å². The van der Waals surface area contributed by atoms with E-state index in [0.29, 0.717) is 0 Å². The van der Waals surface area contributed by atoms with Crippen LogP contribution in [0.2, 0.25) is 0 Å². The lowest BCUT2D eigenvalue weighted by atomic mass is 10.2. The largest absolute Gasteiger partial charge is 0.497 e. The molecule has 0 aliphatic carbocycles. The summed E-state index contributed by atoms with van der Waals surface area (Å²) in [7, 11) is -0.223. The zero-order valence-electron chi connectivity index (χ0n) is 16.4. The van der Waals surface area contributed by atoms with Gasteiger partial charge in [0.25, 0.3) is 0 Å². The maximum Gasteiger partial charge on any atom is 0.119 e. The summed E-state index contributed by atoms with van der Waals surface area (Å²) in [5.74, 6) is 0.835. The zero-order chi connectivity index (χ0) is 20.1. The van der Waals surface area contributed by atoms with Gasteiger partial charge in [0.15, 0.2) is 0 Å². The second kappa shape index (κ2) is 8.86. The van der Waals surface area contributed by atoms with E-state index in [1.807, 2.05) is 12.1 Å². The van der Waals surface area contributed by atoms with Crippen molar-refractivity contribution in [2.45, 2.75) is 11.1 Å². The quantitative estimate of drug-likeness (QED) is 0.324. The van der Waals surface area contributed by atoms with Crippen molar-refractivity contribution in [3.63, 3.8) is 0 Å². The van der Waals surface area contributed by atoms with Crippen molar-refractivity contribution in [1.82, 2.24) is 0 Å². The third-order valence-corrected chi connectivity index (χ3v) is 10.1. The number of benzene rings is 4. The van der Waals surface area contributed by atoms with Crippen molar-refractivity contribution in [2.75, 3.05) is 7.11 Å². The van der Waals surface area contributed by atoms with Crippen LogP contribution in [0.5, 0.6) is 5.75 Å². The van der Waals surface area contributed by atoms with Crippen LogP contribution >= 0.6 is 19.9 Å². The molecular weight excluding hydrogens is 391 g/mol. The third kappa shape index (κ3) is 3.96. The molecule has 0 aliphatic rings. The second-order valence-electron chi connectivity index (χ2n) is 6.97. The van der Waals surface area contributed by atoms with E-state index in [9.17, 15) is 0 Å². The summed E-state index contributed by atoms with van der Waals surface area (Å²) in [6, 6.07) is 39.0. The van der Waals surface area contributed by atoms with Crippen molar-refractivity contribution in [3.05, 3.63) is 115 Å². The lowest BCUT2D eigenvalue weighted by Gasteiger charge is -2.28. The summed E-state index contributed by atoms with van der Waals surface area (Å²) in [4.78, 5) is 0.969. The summed E-state index contributed by atoms with van der Waals surface area (Å²) >= 11 is 4.81. The third-order valence-electron chi connectivity index (χ3n) is 5.29. The topological polar surface area (TPSA) is 9.23 Å². The van der Waals surface area contributed by atoms with Gasteiger partial charge >= 0.3 is 0 Å². The number of methoxy groups -OCH3 is 1. The second-order valence-corrected chi connectivity index (χ2v) is 10.9. The lowest BCUT2D eigenvalue weighted by molar-refractivity contribution is 0.413. The van der Waals surface area contributed by atoms with E-state index in [4.69, 9.17) is 17.4 Å². The highest BCUT2D eigenvalue weighted by Gasteiger charge is 2.45. The van der Waals surface area contributed by atoms with Crippen LogP contribution in [0.25, 0.3) is 0 Å². The molecule has 0 amide bonds. The van der Waals surface area contributed by atoms with Crippen LogP contribution in [0.15, 0.2) is 114 Å². The standard InChI is InChI=1S/C26H23OPS/c1-27-22-18-17-21(26(29)19-22)20-28(23-11-5-2-6-12-23,24-13-7-3-8-14-24)25-15-9-4-10-16-25/h2-19H,20H2,1H3/p+1. The van der Waals surface area contributed by atoms with Crippen LogP contribution in [-0.2, 0) is 6.16 Å². The van der Waals surface area contributed by atoms with Crippen LogP contribution in [0, 0.1) is 0 Å². The Balaban J connectivity index is 1.98. The van der Waals surface area contributed by atoms with Gasteiger partial charge in [-0.2, -0.15) is 0 Å². The molecule has 3 heteroatoms. The van der Waals surface area contributed by atoms with Crippen molar-refractivity contribution in [2.24, 2.45) is 0 Å². The monoisotopic (exact) mass is 415 g/mol. The maximum absolute atomic E-state index is 5.39. The molecule has 0 aromatic heterocycles. The summed E-state index contributed by atoms with van der Waals surface area (Å²) in [5.41, 5.74) is 1.24. The van der Waals surface area contributed by atoms with E-state index >= 15 is 0 Å². The van der Waals surface area contributed by atoms with E-state index in [1.54, 1.807) is 7.11 Å². The van der Waals surface area contributed by atoms with Gasteiger partial charge in [0.2, 0.25) is 0 Å². The Labute approximate surface area is 179 Å². The average molecular weight is 416 g/mol. The van der Waals surface area contributed by atoms with Gasteiger partial charge in [-0.25, -0.2) is 0 Å². The first-order valence-electron chi connectivity index (χ1n) is 9.65. The van der Waals surface area contributed by atoms with Crippen molar-refractivity contribution in [3.8, 4) is 5.75 Å². The Hall–Kier alpha value is -2.54. The first-order valence-corrected chi connectivity index (χ1v) is 12.1. The Morgan fingerprint density at radius 2 is 1.10 bits per heavy atom. The molecule has 29 heavy (non-hydrogen) atoms. The fraction of sp³-hybridized carbons (Fsp3) is 0.0769. The maximum atomic E-state index is 5.39. The molecule has 0 N–H and O–H groups in total. The Kier molecular flexibility index (Phi) is 6.04. The number of hydrogen-bond donors (Lipinski definition) is 1. The molecule has 0 heterocycles. The molecule has 0 saturated heterocycles. The number of thiol groups is 1. The van der Waals surface area contributed by atoms with E-state index in [1.165, 1.54) is 21.5 Å². The highest BCUT2D eigenvalue weighted by molar-refractivity contribution is 7.95. The Morgan fingerprint density at radius 3 is 1.48 bits per heavy atom. The van der Waals surface area contributed by atoms with Gasteiger partial charge in [-0.15, -0.1) is 12.6 Å². The molecule has 4 rings (SSSR count). The summed E-state index contributed by atoms with van der Waals surface area (Å²) < 4.78 is 5.39. The molecule has 0 spiro atoms. The van der Waals surface area contributed by atoms with Gasteiger partial charge in [-0.1, -0.05) is 60.7 Å². The highest BCUT2D eigenvalue weighted by atomic mass is 32.1. The fourth-order valence-corrected chi connectivity index (χ4v) is 8.51. The molecule has 0 fully saturated rings. The number of rotatable bonds is 6. The summed E-state index contributed by atoms with van der Waals surface area (Å²) in [6.07, 6.45) is 0.911. The number of ether oxygens (including phenoxy) is 1. The molecule has 0 aliphatic heterocycles. The van der Waals surface area contributed by atoms with Crippen molar-refractivity contribution < 1.29 is 4.74 Å². The predicted molar refractivity (Wildman–Crippen MR) is 129 cm³/mol. The zero-order valence-corrected chi connectivity index (χ0v) is 18.2. The van der Waals surface area contributed by atoms with Gasteiger partial charge < -0.3 is 4.74 Å². The van der Waals surface area contributed by atoms with Gasteiger partial charge in [0, 0.05) is 10.5 Å². The Morgan fingerprint density at radius 1 is 0.655 bits per heavy atom. The molecule has 4 aromatic rings. The first kappa shape index (κ1) is 19.8. The minimum atomic E-state index is -1.92. The van der Waals surface area contributed by atoms with Crippen molar-refractivity contribution in [1.29, 1.82) is 0 Å². The molecule has 144 valence electrons. The van der Waals surface area contributed by atoms with E-state index in [0.717, 1.165) is 16.8 Å². The number of hydrogen-bond acceptors (Lipinski definition) is 2. The van der Waals surface area contributed by atoms with Gasteiger partial charge in [0.1, 0.15) is 28.9 Å². The molecule has 0 radical (unpaired) electrons. The van der Waals surface area contributed by atoms with Crippen molar-refractivity contribution >= 4 is 35.8 Å². The molecule has 1 nitrogen and oxygen atoms in total. The first-order chi connectivity index (χ1) is 14.2. The highest BCUT2D eigenvalue weighted by Crippen LogP contribution is 2.58. The van der Waals surface area contributed by atoms with Gasteiger partial charge in [0.05, 0.1) is 13.3 Å². The predicted octanol–water partition coefficient (Wildman–Crippen LogP) is 5.48. The van der Waals surface area contributed by atoms with Crippen LogP contribution in [0.4, 0.5) is 0 Å². The van der Waals surface area contributed by atoms with E-state index < -0.39 is 7.26 Å². The molecule has 0 bridgehead atoms. The average Bonchev–Trinajstić information content (AvgIpc) is 2.80.